The average Bonchev–Trinajstić information content (AvgIpc) is 2.86. The zero-order valence-electron chi connectivity index (χ0n) is 9.87. The van der Waals surface area contributed by atoms with Crippen LogP contribution in [0, 0.1) is 13.8 Å². The summed E-state index contributed by atoms with van der Waals surface area (Å²) in [5.74, 6) is 1.81. The van der Waals surface area contributed by atoms with Crippen molar-refractivity contribution in [1.29, 1.82) is 0 Å². The van der Waals surface area contributed by atoms with E-state index < -0.39 is 0 Å². The first-order chi connectivity index (χ1) is 8.61. The van der Waals surface area contributed by atoms with Gasteiger partial charge in [0.2, 0.25) is 11.9 Å². The van der Waals surface area contributed by atoms with Gasteiger partial charge in [-0.3, -0.25) is 10.4 Å². The zero-order chi connectivity index (χ0) is 12.7. The number of aryl methyl sites for hydroxylation is 2. The van der Waals surface area contributed by atoms with Crippen LogP contribution in [0.3, 0.4) is 0 Å². The largest absolute Gasteiger partial charge is 0.324 e. The molecule has 2 aromatic heterocycles. The fraction of sp³-hybridized carbons (Fsp3) is 0.182. The molecule has 92 valence electrons. The van der Waals surface area contributed by atoms with Gasteiger partial charge in [0.25, 0.3) is 0 Å². The molecule has 3 rings (SSSR count). The van der Waals surface area contributed by atoms with Gasteiger partial charge >= 0.3 is 0 Å². The number of rotatable bonds is 2. The highest BCUT2D eigenvalue weighted by atomic mass is 35.5. The number of halogens is 1. The Labute approximate surface area is 108 Å². The van der Waals surface area contributed by atoms with Crippen molar-refractivity contribution in [2.45, 2.75) is 13.8 Å². The number of anilines is 2. The van der Waals surface area contributed by atoms with E-state index in [4.69, 9.17) is 11.6 Å². The molecule has 18 heavy (non-hydrogen) atoms. The highest BCUT2D eigenvalue weighted by molar-refractivity contribution is 6.32. The van der Waals surface area contributed by atoms with Crippen LogP contribution in [0.1, 0.15) is 11.4 Å². The van der Waals surface area contributed by atoms with Crippen LogP contribution < -0.4 is 5.32 Å². The van der Waals surface area contributed by atoms with Crippen LogP contribution >= 0.6 is 11.6 Å². The van der Waals surface area contributed by atoms with Crippen LogP contribution in [0.15, 0.2) is 12.1 Å². The maximum atomic E-state index is 6.06. The molecule has 3 aromatic rings. The topological polar surface area (TPSA) is 82.3 Å². The Bertz CT molecular complexity index is 674. The van der Waals surface area contributed by atoms with Crippen molar-refractivity contribution in [3.63, 3.8) is 0 Å². The number of fused-ring (bicyclic) bond motifs is 1. The number of benzene rings is 1. The fourth-order valence-corrected chi connectivity index (χ4v) is 1.86. The van der Waals surface area contributed by atoms with Gasteiger partial charge < -0.3 is 4.98 Å². The Balaban J connectivity index is 1.98. The second-order valence-corrected chi connectivity index (χ2v) is 4.48. The van der Waals surface area contributed by atoms with E-state index in [0.29, 0.717) is 16.9 Å². The van der Waals surface area contributed by atoms with Gasteiger partial charge in [-0.2, -0.15) is 4.98 Å². The first kappa shape index (κ1) is 11.0. The first-order valence-electron chi connectivity index (χ1n) is 5.44. The molecule has 0 fully saturated rings. The van der Waals surface area contributed by atoms with E-state index in [2.05, 4.69) is 30.5 Å². The molecule has 0 radical (unpaired) electrons. The molecule has 0 aliphatic rings. The normalized spacial score (nSPS) is 11.1. The molecule has 6 nitrogen and oxygen atoms in total. The van der Waals surface area contributed by atoms with E-state index in [1.54, 1.807) is 0 Å². The molecule has 7 heteroatoms. The molecular weight excluding hydrogens is 252 g/mol. The standard InChI is InChI=1S/C11H11ClN6/c1-5-3-8-9(4-7(5)12)15-10(14-8)16-11-13-6(2)17-18-11/h3-4H,1-2H3,(H3,13,14,15,16,17,18). The van der Waals surface area contributed by atoms with Crippen LogP contribution in [0.5, 0.6) is 0 Å². The summed E-state index contributed by atoms with van der Waals surface area (Å²) in [6, 6.07) is 3.79. The minimum absolute atomic E-state index is 0.481. The number of nitrogens with zero attached hydrogens (tertiary/aromatic N) is 3. The second kappa shape index (κ2) is 3.99. The quantitative estimate of drug-likeness (QED) is 0.663. The Morgan fingerprint density at radius 1 is 1.22 bits per heavy atom. The monoisotopic (exact) mass is 262 g/mol. The third-order valence-corrected chi connectivity index (χ3v) is 3.00. The van der Waals surface area contributed by atoms with Gasteiger partial charge in [0.1, 0.15) is 5.82 Å². The molecule has 0 aliphatic carbocycles. The minimum atomic E-state index is 0.481. The van der Waals surface area contributed by atoms with E-state index in [0.717, 1.165) is 22.4 Å². The lowest BCUT2D eigenvalue weighted by Gasteiger charge is -1.95. The molecule has 0 aliphatic heterocycles. The van der Waals surface area contributed by atoms with Gasteiger partial charge in [-0.25, -0.2) is 4.98 Å². The van der Waals surface area contributed by atoms with E-state index in [1.165, 1.54) is 0 Å². The highest BCUT2D eigenvalue weighted by Gasteiger charge is 2.07. The van der Waals surface area contributed by atoms with Gasteiger partial charge in [0.05, 0.1) is 11.0 Å². The summed E-state index contributed by atoms with van der Waals surface area (Å²) in [4.78, 5) is 11.7. The van der Waals surface area contributed by atoms with E-state index >= 15 is 0 Å². The van der Waals surface area contributed by atoms with Crippen LogP contribution in [0.2, 0.25) is 5.02 Å². The maximum absolute atomic E-state index is 6.06. The Hall–Kier alpha value is -2.08. The zero-order valence-corrected chi connectivity index (χ0v) is 10.6. The third-order valence-electron chi connectivity index (χ3n) is 2.59. The SMILES string of the molecule is Cc1nc(Nc2nc3cc(Cl)c(C)cc3[nH]2)n[nH]1. The van der Waals surface area contributed by atoms with Gasteiger partial charge in [0.15, 0.2) is 0 Å². The summed E-state index contributed by atoms with van der Waals surface area (Å²) in [6.07, 6.45) is 0. The lowest BCUT2D eigenvalue weighted by Crippen LogP contribution is -1.94. The van der Waals surface area contributed by atoms with Crippen molar-refractivity contribution in [1.82, 2.24) is 25.1 Å². The van der Waals surface area contributed by atoms with Crippen molar-refractivity contribution in [2.75, 3.05) is 5.32 Å². The van der Waals surface area contributed by atoms with Gasteiger partial charge in [-0.05, 0) is 31.5 Å². The molecule has 1 aromatic carbocycles. The van der Waals surface area contributed by atoms with Crippen molar-refractivity contribution in [3.05, 3.63) is 28.5 Å². The maximum Gasteiger partial charge on any atom is 0.248 e. The molecule has 0 atom stereocenters. The summed E-state index contributed by atoms with van der Waals surface area (Å²) >= 11 is 6.06. The first-order valence-corrected chi connectivity index (χ1v) is 5.81. The summed E-state index contributed by atoms with van der Waals surface area (Å²) in [7, 11) is 0. The number of nitrogens with one attached hydrogen (secondary N) is 3. The Morgan fingerprint density at radius 2 is 2.06 bits per heavy atom. The number of hydrogen-bond acceptors (Lipinski definition) is 4. The molecular formula is C11H11ClN6. The predicted molar refractivity (Wildman–Crippen MR) is 70.2 cm³/mol. The number of hydrogen-bond donors (Lipinski definition) is 3. The van der Waals surface area contributed by atoms with Gasteiger partial charge in [0, 0.05) is 5.02 Å². The molecule has 0 amide bonds. The molecule has 0 spiro atoms. The van der Waals surface area contributed by atoms with Crippen LogP contribution in [0.4, 0.5) is 11.9 Å². The molecule has 3 N–H and O–H groups in total. The van der Waals surface area contributed by atoms with E-state index in [9.17, 15) is 0 Å². The summed E-state index contributed by atoms with van der Waals surface area (Å²) < 4.78 is 0. The number of aromatic amines is 2. The lowest BCUT2D eigenvalue weighted by atomic mass is 10.2. The fourth-order valence-electron chi connectivity index (χ4n) is 1.70. The minimum Gasteiger partial charge on any atom is -0.324 e. The van der Waals surface area contributed by atoms with E-state index in [1.807, 2.05) is 26.0 Å². The molecule has 0 saturated heterocycles. The smallest absolute Gasteiger partial charge is 0.248 e. The molecule has 2 heterocycles. The van der Waals surface area contributed by atoms with Crippen molar-refractivity contribution < 1.29 is 0 Å². The molecule has 0 bridgehead atoms. The predicted octanol–water partition coefficient (Wildman–Crippen LogP) is 2.69. The van der Waals surface area contributed by atoms with Crippen LogP contribution in [-0.2, 0) is 0 Å². The number of H-pyrrole nitrogens is 2. The van der Waals surface area contributed by atoms with Gasteiger partial charge in [-0.15, -0.1) is 5.10 Å². The van der Waals surface area contributed by atoms with Crippen molar-refractivity contribution in [2.24, 2.45) is 0 Å². The van der Waals surface area contributed by atoms with E-state index in [-0.39, 0.29) is 0 Å². The molecule has 0 unspecified atom stereocenters. The average molecular weight is 263 g/mol. The Morgan fingerprint density at radius 3 is 2.78 bits per heavy atom. The van der Waals surface area contributed by atoms with Crippen molar-refractivity contribution in [3.8, 4) is 0 Å². The summed E-state index contributed by atoms with van der Waals surface area (Å²) in [5, 5.41) is 10.4. The summed E-state index contributed by atoms with van der Waals surface area (Å²) in [5.41, 5.74) is 2.74. The third kappa shape index (κ3) is 1.91. The number of aromatic nitrogens is 5. The Kier molecular flexibility index (Phi) is 2.45. The van der Waals surface area contributed by atoms with Crippen molar-refractivity contribution >= 4 is 34.5 Å². The van der Waals surface area contributed by atoms with Crippen LogP contribution in [-0.4, -0.2) is 25.1 Å². The number of imidazole rings is 1. The second-order valence-electron chi connectivity index (χ2n) is 4.07. The van der Waals surface area contributed by atoms with Crippen LogP contribution in [0.25, 0.3) is 11.0 Å². The highest BCUT2D eigenvalue weighted by Crippen LogP contribution is 2.23. The summed E-state index contributed by atoms with van der Waals surface area (Å²) in [6.45, 7) is 3.79. The molecule has 0 saturated carbocycles. The van der Waals surface area contributed by atoms with Gasteiger partial charge in [-0.1, -0.05) is 11.6 Å². The lowest BCUT2D eigenvalue weighted by molar-refractivity contribution is 1.04.